The van der Waals surface area contributed by atoms with Gasteiger partial charge in [0.15, 0.2) is 0 Å². The van der Waals surface area contributed by atoms with Crippen LogP contribution < -0.4 is 5.32 Å². The summed E-state index contributed by atoms with van der Waals surface area (Å²) in [4.78, 5) is 23.8. The number of halogens is 1. The molecule has 0 aliphatic heterocycles. The van der Waals surface area contributed by atoms with Crippen LogP contribution in [0.3, 0.4) is 0 Å². The van der Waals surface area contributed by atoms with Crippen molar-refractivity contribution in [3.05, 3.63) is 54.9 Å². The smallest absolute Gasteiger partial charge is 0.288 e. The highest BCUT2D eigenvalue weighted by Gasteiger charge is 2.23. The zero-order chi connectivity index (χ0) is 17.3. The highest BCUT2D eigenvalue weighted by atomic mass is 35.5. The van der Waals surface area contributed by atoms with Crippen LogP contribution in [0.4, 0.5) is 10.7 Å². The average Bonchev–Trinajstić information content (AvgIpc) is 2.91. The number of amides is 1. The van der Waals surface area contributed by atoms with Crippen molar-refractivity contribution in [2.45, 2.75) is 25.7 Å². The number of nitrogens with zero attached hydrogens (tertiary/aromatic N) is 2. The summed E-state index contributed by atoms with van der Waals surface area (Å²) in [6, 6.07) is 6.04. The van der Waals surface area contributed by atoms with Crippen molar-refractivity contribution in [1.82, 2.24) is 0 Å². The molecule has 8 heteroatoms. The molecule has 1 aliphatic rings. The first kappa shape index (κ1) is 16.4. The second-order valence-corrected chi connectivity index (χ2v) is 6.92. The summed E-state index contributed by atoms with van der Waals surface area (Å²) in [5, 5.41) is 23.5. The molecule has 0 saturated heterocycles. The zero-order valence-corrected chi connectivity index (χ0v) is 14.0. The quantitative estimate of drug-likeness (QED) is 0.650. The molecule has 3 rings (SSSR count). The van der Waals surface area contributed by atoms with Gasteiger partial charge < -0.3 is 5.32 Å². The van der Waals surface area contributed by atoms with E-state index in [4.69, 9.17) is 11.6 Å². The molecule has 0 fully saturated rings. The molecule has 1 aliphatic carbocycles. The highest BCUT2D eigenvalue weighted by molar-refractivity contribution is 7.16. The number of carbonyl (C=O) groups excluding carboxylic acids is 1. The molecule has 1 heterocycles. The van der Waals surface area contributed by atoms with E-state index in [-0.39, 0.29) is 16.3 Å². The first-order valence-corrected chi connectivity index (χ1v) is 8.50. The molecule has 6 nitrogen and oxygen atoms in total. The van der Waals surface area contributed by atoms with Crippen LogP contribution in [0, 0.1) is 21.4 Å². The molecule has 1 amide bonds. The number of anilines is 1. The van der Waals surface area contributed by atoms with Crippen molar-refractivity contribution in [2.75, 3.05) is 5.32 Å². The minimum Gasteiger partial charge on any atom is -0.312 e. The molecule has 0 spiro atoms. The maximum absolute atomic E-state index is 12.4. The third-order valence-corrected chi connectivity index (χ3v) is 5.44. The van der Waals surface area contributed by atoms with Crippen LogP contribution in [0.5, 0.6) is 0 Å². The third-order valence-electron chi connectivity index (χ3n) is 3.92. The number of rotatable bonds is 3. The number of benzene rings is 1. The SMILES string of the molecule is N#Cc1c(NC(=O)c2ccc(Cl)c([N+](=O)[O-])c2)sc2c1CCCC2. The molecule has 0 saturated carbocycles. The summed E-state index contributed by atoms with van der Waals surface area (Å²) in [6.07, 6.45) is 3.87. The Kier molecular flexibility index (Phi) is 4.51. The first-order valence-electron chi connectivity index (χ1n) is 7.31. The molecule has 1 N–H and O–H groups in total. The van der Waals surface area contributed by atoms with E-state index in [1.165, 1.54) is 23.5 Å². The summed E-state index contributed by atoms with van der Waals surface area (Å²) in [5.41, 5.74) is 1.33. The molecule has 0 bridgehead atoms. The van der Waals surface area contributed by atoms with Gasteiger partial charge in [0.2, 0.25) is 0 Å². The molecule has 0 radical (unpaired) electrons. The second kappa shape index (κ2) is 6.59. The number of hydrogen-bond donors (Lipinski definition) is 1. The Morgan fingerprint density at radius 1 is 1.38 bits per heavy atom. The van der Waals surface area contributed by atoms with Crippen molar-refractivity contribution in [3.8, 4) is 6.07 Å². The molecule has 0 atom stereocenters. The van der Waals surface area contributed by atoms with Gasteiger partial charge in [-0.2, -0.15) is 5.26 Å². The summed E-state index contributed by atoms with van der Waals surface area (Å²) in [7, 11) is 0. The van der Waals surface area contributed by atoms with Gasteiger partial charge in [-0.25, -0.2) is 0 Å². The van der Waals surface area contributed by atoms with Crippen molar-refractivity contribution in [2.24, 2.45) is 0 Å². The molecule has 24 heavy (non-hydrogen) atoms. The van der Waals surface area contributed by atoms with E-state index < -0.39 is 10.8 Å². The van der Waals surface area contributed by atoms with Crippen LogP contribution in [0.15, 0.2) is 18.2 Å². The minimum atomic E-state index is -0.635. The van der Waals surface area contributed by atoms with Crippen LogP contribution in [0.2, 0.25) is 5.02 Å². The lowest BCUT2D eigenvalue weighted by Crippen LogP contribution is -2.12. The van der Waals surface area contributed by atoms with E-state index in [0.717, 1.165) is 42.2 Å². The van der Waals surface area contributed by atoms with Crippen LogP contribution in [-0.4, -0.2) is 10.8 Å². The molecule has 1 aromatic heterocycles. The lowest BCUT2D eigenvalue weighted by molar-refractivity contribution is -0.384. The Morgan fingerprint density at radius 3 is 2.83 bits per heavy atom. The van der Waals surface area contributed by atoms with Gasteiger partial charge in [-0.1, -0.05) is 11.6 Å². The standard InChI is InChI=1S/C16H12ClN3O3S/c17-12-6-5-9(7-13(12)20(22)23)15(21)19-16-11(8-18)10-3-1-2-4-14(10)24-16/h5-7H,1-4H2,(H,19,21). The van der Waals surface area contributed by atoms with E-state index >= 15 is 0 Å². The molecule has 1 aromatic carbocycles. The third kappa shape index (κ3) is 2.98. The van der Waals surface area contributed by atoms with Crippen LogP contribution >= 0.6 is 22.9 Å². The Labute approximate surface area is 146 Å². The highest BCUT2D eigenvalue weighted by Crippen LogP contribution is 2.38. The molecule has 0 unspecified atom stereocenters. The number of nitro benzene ring substituents is 1. The van der Waals surface area contributed by atoms with Gasteiger partial charge in [-0.3, -0.25) is 14.9 Å². The Balaban J connectivity index is 1.91. The average molecular weight is 362 g/mol. The van der Waals surface area contributed by atoms with Crippen LogP contribution in [0.1, 0.15) is 39.2 Å². The number of nitro groups is 1. The summed E-state index contributed by atoms with van der Waals surface area (Å²) in [5.74, 6) is -0.495. The van der Waals surface area contributed by atoms with Gasteiger partial charge in [0.05, 0.1) is 10.5 Å². The number of nitriles is 1. The largest absolute Gasteiger partial charge is 0.312 e. The van der Waals surface area contributed by atoms with Crippen molar-refractivity contribution in [3.63, 3.8) is 0 Å². The van der Waals surface area contributed by atoms with Gasteiger partial charge in [0.25, 0.3) is 11.6 Å². The number of aryl methyl sites for hydroxylation is 1. The monoisotopic (exact) mass is 361 g/mol. The Hall–Kier alpha value is -2.43. The van der Waals surface area contributed by atoms with Gasteiger partial charge in [-0.05, 0) is 43.4 Å². The van der Waals surface area contributed by atoms with Gasteiger partial charge in [0, 0.05) is 16.5 Å². The molecular weight excluding hydrogens is 350 g/mol. The molecule has 122 valence electrons. The van der Waals surface area contributed by atoms with E-state index in [9.17, 15) is 20.2 Å². The number of fused-ring (bicyclic) bond motifs is 1. The fraction of sp³-hybridized carbons (Fsp3) is 0.250. The van der Waals surface area contributed by atoms with Gasteiger partial charge in [0.1, 0.15) is 16.1 Å². The van der Waals surface area contributed by atoms with Crippen molar-refractivity contribution in [1.29, 1.82) is 5.26 Å². The lowest BCUT2D eigenvalue weighted by Gasteiger charge is -2.09. The van der Waals surface area contributed by atoms with E-state index in [0.29, 0.717) is 10.6 Å². The number of carbonyl (C=O) groups is 1. The van der Waals surface area contributed by atoms with Crippen LogP contribution in [-0.2, 0) is 12.8 Å². The van der Waals surface area contributed by atoms with E-state index in [2.05, 4.69) is 11.4 Å². The summed E-state index contributed by atoms with van der Waals surface area (Å²) in [6.45, 7) is 0. The predicted octanol–water partition coefficient (Wildman–Crippen LogP) is 4.31. The fourth-order valence-corrected chi connectivity index (χ4v) is 4.16. The molecular formula is C16H12ClN3O3S. The first-order chi connectivity index (χ1) is 11.5. The van der Waals surface area contributed by atoms with Gasteiger partial charge in [-0.15, -0.1) is 11.3 Å². The Bertz CT molecular complexity index is 885. The predicted molar refractivity (Wildman–Crippen MR) is 91.7 cm³/mol. The Morgan fingerprint density at radius 2 is 2.12 bits per heavy atom. The van der Waals surface area contributed by atoms with E-state index in [1.54, 1.807) is 0 Å². The summed E-state index contributed by atoms with van der Waals surface area (Å²) < 4.78 is 0. The number of hydrogen-bond acceptors (Lipinski definition) is 5. The number of nitrogens with one attached hydrogen (secondary N) is 1. The number of thiophene rings is 1. The minimum absolute atomic E-state index is 0.0270. The molecule has 2 aromatic rings. The topological polar surface area (TPSA) is 96.0 Å². The lowest BCUT2D eigenvalue weighted by atomic mass is 9.96. The van der Waals surface area contributed by atoms with E-state index in [1.807, 2.05) is 0 Å². The van der Waals surface area contributed by atoms with Gasteiger partial charge >= 0.3 is 0 Å². The normalized spacial score (nSPS) is 13.0. The maximum atomic E-state index is 12.4. The maximum Gasteiger partial charge on any atom is 0.288 e. The van der Waals surface area contributed by atoms with Crippen molar-refractivity contribution < 1.29 is 9.72 Å². The van der Waals surface area contributed by atoms with Crippen molar-refractivity contribution >= 4 is 39.5 Å². The second-order valence-electron chi connectivity index (χ2n) is 5.40. The fourth-order valence-electron chi connectivity index (χ4n) is 2.74. The summed E-state index contributed by atoms with van der Waals surface area (Å²) >= 11 is 7.17. The van der Waals surface area contributed by atoms with Crippen LogP contribution in [0.25, 0.3) is 0 Å². The zero-order valence-electron chi connectivity index (χ0n) is 12.5.